The Kier molecular flexibility index (Phi) is 5.61. The minimum Gasteiger partial charge on any atom is -0.492 e. The normalized spacial score (nSPS) is 10.7. The van der Waals surface area contributed by atoms with Crippen molar-refractivity contribution < 1.29 is 13.9 Å². The molecule has 1 aromatic carbocycles. The van der Waals surface area contributed by atoms with Crippen LogP contribution in [0.3, 0.4) is 0 Å². The number of rotatable bonds is 7. The zero-order valence-electron chi connectivity index (χ0n) is 13.0. The molecule has 0 spiro atoms. The maximum Gasteiger partial charge on any atom is 0.254 e. The van der Waals surface area contributed by atoms with Gasteiger partial charge in [-0.2, -0.15) is 0 Å². The monoisotopic (exact) mass is 302 g/mol. The minimum absolute atomic E-state index is 0.192. The molecule has 2 rings (SSSR count). The number of hydrogen-bond donors (Lipinski definition) is 2. The van der Waals surface area contributed by atoms with E-state index in [1.54, 1.807) is 6.07 Å². The van der Waals surface area contributed by atoms with E-state index in [9.17, 15) is 4.79 Å². The standard InChI is InChI=1S/C17H22N2O3/c1-12(2)13-3-5-15(6-4-13)21-8-7-19-17(20)14-9-16(10-18)22-11-14/h3-6,9,11-12H,7-8,10,18H2,1-2H3,(H,19,20). The van der Waals surface area contributed by atoms with Crippen molar-refractivity contribution in [1.29, 1.82) is 0 Å². The second-order valence-electron chi connectivity index (χ2n) is 5.33. The van der Waals surface area contributed by atoms with Crippen molar-refractivity contribution >= 4 is 5.91 Å². The van der Waals surface area contributed by atoms with Crippen LogP contribution in [0.4, 0.5) is 0 Å². The number of nitrogens with one attached hydrogen (secondary N) is 1. The number of hydrogen-bond acceptors (Lipinski definition) is 4. The van der Waals surface area contributed by atoms with E-state index in [1.165, 1.54) is 11.8 Å². The predicted octanol–water partition coefficient (Wildman–Crippen LogP) is 2.67. The van der Waals surface area contributed by atoms with Gasteiger partial charge in [-0.25, -0.2) is 0 Å². The molecule has 0 atom stereocenters. The van der Waals surface area contributed by atoms with Crippen LogP contribution in [0.1, 0.15) is 41.4 Å². The number of benzene rings is 1. The molecule has 0 aliphatic carbocycles. The van der Waals surface area contributed by atoms with Gasteiger partial charge in [0, 0.05) is 0 Å². The van der Waals surface area contributed by atoms with Crippen LogP contribution < -0.4 is 15.8 Å². The largest absolute Gasteiger partial charge is 0.492 e. The molecule has 0 saturated heterocycles. The summed E-state index contributed by atoms with van der Waals surface area (Å²) >= 11 is 0. The maximum absolute atomic E-state index is 11.8. The average molecular weight is 302 g/mol. The van der Waals surface area contributed by atoms with E-state index >= 15 is 0 Å². The van der Waals surface area contributed by atoms with Gasteiger partial charge in [-0.1, -0.05) is 26.0 Å². The zero-order valence-corrected chi connectivity index (χ0v) is 13.0. The zero-order chi connectivity index (χ0) is 15.9. The van der Waals surface area contributed by atoms with E-state index in [2.05, 4.69) is 31.3 Å². The third kappa shape index (κ3) is 4.36. The summed E-state index contributed by atoms with van der Waals surface area (Å²) in [7, 11) is 0. The Morgan fingerprint density at radius 1 is 1.32 bits per heavy atom. The van der Waals surface area contributed by atoms with E-state index in [-0.39, 0.29) is 12.5 Å². The maximum atomic E-state index is 11.8. The lowest BCUT2D eigenvalue weighted by Crippen LogP contribution is -2.27. The number of amides is 1. The van der Waals surface area contributed by atoms with E-state index in [0.717, 1.165) is 5.75 Å². The minimum atomic E-state index is -0.192. The first kappa shape index (κ1) is 16.1. The van der Waals surface area contributed by atoms with E-state index in [1.807, 2.05) is 12.1 Å². The summed E-state index contributed by atoms with van der Waals surface area (Å²) in [6.45, 7) is 5.42. The average Bonchev–Trinajstić information content (AvgIpc) is 3.01. The van der Waals surface area contributed by atoms with Gasteiger partial charge in [0.2, 0.25) is 0 Å². The third-order valence-corrected chi connectivity index (χ3v) is 3.32. The van der Waals surface area contributed by atoms with Crippen LogP contribution >= 0.6 is 0 Å². The van der Waals surface area contributed by atoms with Gasteiger partial charge in [0.15, 0.2) is 0 Å². The molecule has 0 radical (unpaired) electrons. The van der Waals surface area contributed by atoms with Crippen molar-refractivity contribution in [2.45, 2.75) is 26.3 Å². The molecule has 0 unspecified atom stereocenters. The SMILES string of the molecule is CC(C)c1ccc(OCCNC(=O)c2coc(CN)c2)cc1. The van der Waals surface area contributed by atoms with E-state index < -0.39 is 0 Å². The fourth-order valence-corrected chi connectivity index (χ4v) is 1.99. The lowest BCUT2D eigenvalue weighted by molar-refractivity contribution is 0.0946. The highest BCUT2D eigenvalue weighted by atomic mass is 16.5. The van der Waals surface area contributed by atoms with E-state index in [4.69, 9.17) is 14.9 Å². The van der Waals surface area contributed by atoms with Crippen molar-refractivity contribution in [1.82, 2.24) is 5.32 Å². The van der Waals surface area contributed by atoms with Crippen LogP contribution in [-0.2, 0) is 6.54 Å². The molecular weight excluding hydrogens is 280 g/mol. The molecule has 5 heteroatoms. The highest BCUT2D eigenvalue weighted by molar-refractivity contribution is 5.93. The van der Waals surface area contributed by atoms with Gasteiger partial charge in [-0.3, -0.25) is 4.79 Å². The van der Waals surface area contributed by atoms with Crippen LogP contribution in [0.25, 0.3) is 0 Å². The molecule has 2 aromatic rings. The summed E-state index contributed by atoms with van der Waals surface area (Å²) in [6.07, 6.45) is 1.41. The van der Waals surface area contributed by atoms with Crippen LogP contribution in [0.15, 0.2) is 41.0 Å². The molecule has 0 fully saturated rings. The van der Waals surface area contributed by atoms with Gasteiger partial charge in [0.1, 0.15) is 24.4 Å². The number of carbonyl (C=O) groups excluding carboxylic acids is 1. The first-order chi connectivity index (χ1) is 10.6. The molecule has 5 nitrogen and oxygen atoms in total. The molecule has 0 bridgehead atoms. The van der Waals surface area contributed by atoms with Gasteiger partial charge in [-0.05, 0) is 29.7 Å². The van der Waals surface area contributed by atoms with Crippen molar-refractivity contribution in [2.75, 3.05) is 13.2 Å². The fourth-order valence-electron chi connectivity index (χ4n) is 1.99. The highest BCUT2D eigenvalue weighted by Gasteiger charge is 2.08. The highest BCUT2D eigenvalue weighted by Crippen LogP contribution is 2.18. The van der Waals surface area contributed by atoms with Crippen molar-refractivity contribution in [2.24, 2.45) is 5.73 Å². The quantitative estimate of drug-likeness (QED) is 0.771. The summed E-state index contributed by atoms with van der Waals surface area (Å²) < 4.78 is 10.7. The molecular formula is C17H22N2O3. The summed E-state index contributed by atoms with van der Waals surface area (Å²) in [5, 5.41) is 2.77. The Labute approximate surface area is 130 Å². The van der Waals surface area contributed by atoms with Gasteiger partial charge in [0.05, 0.1) is 18.7 Å². The van der Waals surface area contributed by atoms with Crippen molar-refractivity contribution in [3.8, 4) is 5.75 Å². The number of nitrogens with two attached hydrogens (primary N) is 1. The summed E-state index contributed by atoms with van der Waals surface area (Å²) in [5.74, 6) is 1.70. The molecule has 22 heavy (non-hydrogen) atoms. The molecule has 1 aromatic heterocycles. The van der Waals surface area contributed by atoms with Gasteiger partial charge < -0.3 is 20.2 Å². The number of carbonyl (C=O) groups is 1. The Morgan fingerprint density at radius 3 is 2.64 bits per heavy atom. The first-order valence-electron chi connectivity index (χ1n) is 7.38. The van der Waals surface area contributed by atoms with Gasteiger partial charge in [-0.15, -0.1) is 0 Å². The lowest BCUT2D eigenvalue weighted by atomic mass is 10.0. The second-order valence-corrected chi connectivity index (χ2v) is 5.33. The topological polar surface area (TPSA) is 77.5 Å². The molecule has 0 aliphatic rings. The molecule has 1 heterocycles. The Bertz CT molecular complexity index is 603. The van der Waals surface area contributed by atoms with Crippen LogP contribution in [0.2, 0.25) is 0 Å². The van der Waals surface area contributed by atoms with Crippen molar-refractivity contribution in [3.63, 3.8) is 0 Å². The van der Waals surface area contributed by atoms with E-state index in [0.29, 0.717) is 30.4 Å². The smallest absolute Gasteiger partial charge is 0.254 e. The Balaban J connectivity index is 1.73. The second kappa shape index (κ2) is 7.66. The van der Waals surface area contributed by atoms with Crippen LogP contribution in [0, 0.1) is 0 Å². The van der Waals surface area contributed by atoms with Crippen molar-refractivity contribution in [3.05, 3.63) is 53.5 Å². The molecule has 0 aliphatic heterocycles. The summed E-state index contributed by atoms with van der Waals surface area (Å²) in [6, 6.07) is 9.64. The number of furan rings is 1. The Hall–Kier alpha value is -2.27. The predicted molar refractivity (Wildman–Crippen MR) is 85.0 cm³/mol. The first-order valence-corrected chi connectivity index (χ1v) is 7.38. The van der Waals surface area contributed by atoms with Gasteiger partial charge in [0.25, 0.3) is 5.91 Å². The van der Waals surface area contributed by atoms with Gasteiger partial charge >= 0.3 is 0 Å². The van der Waals surface area contributed by atoms with Crippen LogP contribution in [0.5, 0.6) is 5.75 Å². The fraction of sp³-hybridized carbons (Fsp3) is 0.353. The number of ether oxygens (including phenoxy) is 1. The molecule has 3 N–H and O–H groups in total. The van der Waals surface area contributed by atoms with Crippen LogP contribution in [-0.4, -0.2) is 19.1 Å². The molecule has 118 valence electrons. The molecule has 1 amide bonds. The lowest BCUT2D eigenvalue weighted by Gasteiger charge is -2.09. The third-order valence-electron chi connectivity index (χ3n) is 3.32. The molecule has 0 saturated carbocycles. The summed E-state index contributed by atoms with van der Waals surface area (Å²) in [5.41, 5.74) is 7.18. The summed E-state index contributed by atoms with van der Waals surface area (Å²) in [4.78, 5) is 11.8. The Morgan fingerprint density at radius 2 is 2.05 bits per heavy atom.